The van der Waals surface area contributed by atoms with E-state index in [-0.39, 0.29) is 47.2 Å². The van der Waals surface area contributed by atoms with Crippen LogP contribution in [0.25, 0.3) is 6.08 Å². The van der Waals surface area contributed by atoms with Crippen molar-refractivity contribution in [3.63, 3.8) is 0 Å². The minimum atomic E-state index is -4.46. The Labute approximate surface area is 394 Å². The van der Waals surface area contributed by atoms with Crippen LogP contribution in [0.3, 0.4) is 0 Å². The second-order valence-electron chi connectivity index (χ2n) is 17.8. The van der Waals surface area contributed by atoms with Gasteiger partial charge in [-0.15, -0.1) is 0 Å². The molecule has 0 unspecified atom stereocenters. The maximum absolute atomic E-state index is 12.6. The van der Waals surface area contributed by atoms with Crippen molar-refractivity contribution >= 4 is 55.2 Å². The Balaban J connectivity index is 1.03. The summed E-state index contributed by atoms with van der Waals surface area (Å²) in [6, 6.07) is 9.15. The highest BCUT2D eigenvalue weighted by molar-refractivity contribution is 7.86. The van der Waals surface area contributed by atoms with Crippen molar-refractivity contribution in [1.82, 2.24) is 20.2 Å². The molecule has 2 amide bonds. The van der Waals surface area contributed by atoms with E-state index < -0.39 is 73.3 Å². The van der Waals surface area contributed by atoms with Gasteiger partial charge < -0.3 is 30.5 Å². The molecule has 3 aliphatic heterocycles. The third kappa shape index (κ3) is 11.4. The van der Waals surface area contributed by atoms with Gasteiger partial charge in [-0.25, -0.2) is 4.79 Å². The van der Waals surface area contributed by atoms with Crippen molar-refractivity contribution in [1.29, 1.82) is 0 Å². The Morgan fingerprint density at radius 1 is 0.897 bits per heavy atom. The van der Waals surface area contributed by atoms with Gasteiger partial charge in [0.2, 0.25) is 17.5 Å². The summed E-state index contributed by atoms with van der Waals surface area (Å²) in [4.78, 5) is 53.7. The van der Waals surface area contributed by atoms with Gasteiger partial charge in [0.15, 0.2) is 5.71 Å². The van der Waals surface area contributed by atoms with Crippen molar-refractivity contribution < 1.29 is 55.1 Å². The zero-order valence-corrected chi connectivity index (χ0v) is 40.1. The van der Waals surface area contributed by atoms with Gasteiger partial charge in [-0.2, -0.15) is 21.4 Å². The first-order valence-electron chi connectivity index (χ1n) is 22.2. The largest absolute Gasteiger partial charge is 0.394 e. The van der Waals surface area contributed by atoms with Gasteiger partial charge in [0.25, 0.3) is 25.8 Å². The molecule has 0 saturated carbocycles. The molecule has 4 heterocycles. The van der Waals surface area contributed by atoms with Crippen LogP contribution in [0.15, 0.2) is 104 Å². The summed E-state index contributed by atoms with van der Waals surface area (Å²) in [5.74, 6) is -0.753. The van der Waals surface area contributed by atoms with Crippen LogP contribution in [0.4, 0.5) is 11.4 Å². The lowest BCUT2D eigenvalue weighted by atomic mass is 9.81. The molecule has 0 aliphatic carbocycles. The molecule has 2 aromatic carbocycles. The number of carbonyl (C=O) groups excluding carboxylic acids is 2. The van der Waals surface area contributed by atoms with Crippen LogP contribution < -0.4 is 26.8 Å². The molecule has 21 heteroatoms. The highest BCUT2D eigenvalue weighted by Crippen LogP contribution is 2.48. The summed E-state index contributed by atoms with van der Waals surface area (Å²) in [5.41, 5.74) is 2.23. The maximum Gasteiger partial charge on any atom is 0.330 e. The molecule has 19 nitrogen and oxygen atoms in total. The summed E-state index contributed by atoms with van der Waals surface area (Å²) in [7, 11) is -8.85. The first-order chi connectivity index (χ1) is 32.0. The number of amides is 2. The summed E-state index contributed by atoms with van der Waals surface area (Å²) in [6.07, 6.45) is 12.5. The number of nitrogens with zero attached hydrogens (tertiary/aromatic N) is 3. The number of aromatic nitrogens is 2. The lowest BCUT2D eigenvalue weighted by molar-refractivity contribution is -0.438. The first-order valence-corrected chi connectivity index (χ1v) is 25.1. The van der Waals surface area contributed by atoms with E-state index in [1.165, 1.54) is 36.5 Å². The Morgan fingerprint density at radius 2 is 1.57 bits per heavy atom. The van der Waals surface area contributed by atoms with Gasteiger partial charge in [0.1, 0.15) is 18.9 Å². The van der Waals surface area contributed by atoms with Gasteiger partial charge >= 0.3 is 5.69 Å². The van der Waals surface area contributed by atoms with E-state index in [2.05, 4.69) is 25.1 Å². The summed E-state index contributed by atoms with van der Waals surface area (Å²) >= 11 is 0. The number of H-pyrrole nitrogens is 1. The quantitative estimate of drug-likeness (QED) is 0.0299. The Bertz CT molecular complexity index is 2950. The number of unbranched alkanes of at least 4 members (excludes halogenated alkanes) is 2. The molecule has 366 valence electrons. The lowest BCUT2D eigenvalue weighted by Crippen LogP contribution is -2.34. The number of rotatable bonds is 19. The van der Waals surface area contributed by atoms with Crippen LogP contribution in [-0.2, 0) is 45.4 Å². The minimum absolute atomic E-state index is 0.0147. The average molecular weight is 980 g/mol. The predicted molar refractivity (Wildman–Crippen MR) is 254 cm³/mol. The first kappa shape index (κ1) is 51.6. The normalized spacial score (nSPS) is 20.6. The average Bonchev–Trinajstić information content (AvgIpc) is 3.83. The van der Waals surface area contributed by atoms with Crippen LogP contribution in [0, 0.1) is 0 Å². The molecule has 1 saturated heterocycles. The Kier molecular flexibility index (Phi) is 15.8. The highest BCUT2D eigenvalue weighted by Gasteiger charge is 2.45. The number of carbonyl (C=O) groups is 2. The lowest BCUT2D eigenvalue weighted by Gasteiger charge is -2.25. The summed E-state index contributed by atoms with van der Waals surface area (Å²) in [6.45, 7) is 10.9. The van der Waals surface area contributed by atoms with Crippen LogP contribution in [0.1, 0.15) is 89.6 Å². The molecule has 1 aromatic heterocycles. The molecule has 0 spiro atoms. The SMILES string of the molecule is CCN1C(=CC=CC=CC2=[N+](CCCCCC(=O)NCCNC(=O)/C=C/c3cn([C@H]4C[C@H](O)[C@@H](CO)O4)c(=O)[nH]c3=O)c3ccc(S(=O)(=O)O)cc3C2(C)C)C(C)(C)c2cc(S(=O)(=O)O)ccc21. The van der Waals surface area contributed by atoms with E-state index in [4.69, 9.17) is 4.74 Å². The number of anilines is 1. The molecule has 3 atom stereocenters. The Morgan fingerprint density at radius 3 is 2.24 bits per heavy atom. The van der Waals surface area contributed by atoms with Crippen LogP contribution in [0.5, 0.6) is 0 Å². The minimum Gasteiger partial charge on any atom is -0.394 e. The molecule has 0 bridgehead atoms. The van der Waals surface area contributed by atoms with E-state index in [9.17, 15) is 55.3 Å². The molecule has 0 radical (unpaired) electrons. The van der Waals surface area contributed by atoms with Gasteiger partial charge in [0.05, 0.1) is 33.5 Å². The topological polar surface area (TPSA) is 278 Å². The van der Waals surface area contributed by atoms with Crippen molar-refractivity contribution in [2.45, 2.75) is 106 Å². The molecule has 3 aromatic rings. The number of likely N-dealkylation sites (N-methyl/N-ethyl adjacent to an activating group) is 1. The van der Waals surface area contributed by atoms with Crippen molar-refractivity contribution in [3.05, 3.63) is 122 Å². The molecular weight excluding hydrogens is 921 g/mol. The summed E-state index contributed by atoms with van der Waals surface area (Å²) < 4.78 is 76.3. The van der Waals surface area contributed by atoms with E-state index in [0.29, 0.717) is 32.4 Å². The smallest absolute Gasteiger partial charge is 0.330 e. The third-order valence-electron chi connectivity index (χ3n) is 12.5. The van der Waals surface area contributed by atoms with Gasteiger partial charge in [0, 0.05) is 85.7 Å². The van der Waals surface area contributed by atoms with E-state index in [1.54, 1.807) is 12.1 Å². The number of fused-ring (bicyclic) bond motifs is 2. The fourth-order valence-corrected chi connectivity index (χ4v) is 9.90. The molecule has 7 N–H and O–H groups in total. The van der Waals surface area contributed by atoms with E-state index >= 15 is 0 Å². The number of aromatic amines is 1. The number of hydrogen-bond donors (Lipinski definition) is 7. The predicted octanol–water partition coefficient (Wildman–Crippen LogP) is 3.37. The Hall–Kier alpha value is -5.81. The highest BCUT2D eigenvalue weighted by atomic mass is 32.2. The van der Waals surface area contributed by atoms with Crippen molar-refractivity contribution in [3.8, 4) is 0 Å². The van der Waals surface area contributed by atoms with Crippen LogP contribution in [-0.4, -0.2) is 113 Å². The fourth-order valence-electron chi connectivity index (χ4n) is 8.89. The number of aliphatic hydroxyl groups excluding tert-OH is 2. The van der Waals surface area contributed by atoms with Crippen LogP contribution >= 0.6 is 0 Å². The van der Waals surface area contributed by atoms with Gasteiger partial charge in [-0.3, -0.25) is 33.0 Å². The zero-order chi connectivity index (χ0) is 49.8. The summed E-state index contributed by atoms with van der Waals surface area (Å²) in [5, 5.41) is 24.8. The molecule has 1 fully saturated rings. The van der Waals surface area contributed by atoms with E-state index in [0.717, 1.165) is 44.6 Å². The molecular formula is C47H59N6O13S2+. The second kappa shape index (κ2) is 20.8. The molecule has 6 rings (SSSR count). The maximum atomic E-state index is 12.6. The standard InChI is InChI=1S/C47H58N6O13S2/c1-6-51-35-19-17-31(67(60,61)62)25-33(35)46(2,3)39(51)13-9-7-10-14-40-47(4,5)34-26-32(68(63,64)65)18-20-36(34)52(40)24-12-8-11-15-41(56)48-22-23-49-42(57)21-16-30-28-53(45(59)50-44(30)58)43-27-37(55)38(29-54)66-43/h7,9-10,13-14,16-21,25-26,28,37-38,43,54-55H,6,8,11-12,15,22-24,27,29H2,1-5H3,(H4-,48,49,50,56,57,58,59,60,61,62,63,64,65)/p+1/b21-16+/t37-,38+,43+/m0/s1. The molecule has 68 heavy (non-hydrogen) atoms. The number of benzene rings is 2. The number of aliphatic hydroxyl groups is 2. The number of nitrogens with one attached hydrogen (secondary N) is 3. The van der Waals surface area contributed by atoms with Gasteiger partial charge in [-0.1, -0.05) is 32.1 Å². The van der Waals surface area contributed by atoms with Crippen molar-refractivity contribution in [2.24, 2.45) is 0 Å². The fraction of sp³-hybridized carbons (Fsp3) is 0.426. The number of allylic oxidation sites excluding steroid dienone is 6. The third-order valence-corrected chi connectivity index (χ3v) is 14.2. The second-order valence-corrected chi connectivity index (χ2v) is 20.6. The van der Waals surface area contributed by atoms with Crippen molar-refractivity contribution in [2.75, 3.05) is 37.7 Å². The zero-order valence-electron chi connectivity index (χ0n) is 38.5. The molecule has 3 aliphatic rings. The monoisotopic (exact) mass is 979 g/mol. The number of ether oxygens (including phenoxy) is 1. The van der Waals surface area contributed by atoms with Gasteiger partial charge in [-0.05, 0) is 81.7 Å². The number of hydrogen-bond acceptors (Lipinski definition) is 12. The van der Waals surface area contributed by atoms with E-state index in [1.807, 2.05) is 65.0 Å². The van der Waals surface area contributed by atoms with Crippen LogP contribution in [0.2, 0.25) is 0 Å².